The Morgan fingerprint density at radius 1 is 1.42 bits per heavy atom. The summed E-state index contributed by atoms with van der Waals surface area (Å²) in [5.74, 6) is 0.927. The highest BCUT2D eigenvalue weighted by atomic mass is 35.5. The average molecular weight is 191 g/mol. The maximum atomic E-state index is 5.39. The molecule has 1 aromatic rings. The number of hydrogen-bond donors (Lipinski definition) is 1. The second kappa shape index (κ2) is 5.17. The number of nitrogens with zero attached hydrogens (tertiary/aromatic N) is 1. The van der Waals surface area contributed by atoms with Gasteiger partial charge in [-0.05, 0) is 33.2 Å². The lowest BCUT2D eigenvalue weighted by Crippen LogP contribution is -2.01. The lowest BCUT2D eigenvalue weighted by molar-refractivity contribution is 0.392. The number of rotatable bonds is 3. The minimum Gasteiger partial charge on any atom is -0.361 e. The van der Waals surface area contributed by atoms with Crippen LogP contribution in [0.25, 0.3) is 0 Å². The summed E-state index contributed by atoms with van der Waals surface area (Å²) in [5, 5.41) is 3.85. The fourth-order valence-corrected chi connectivity index (χ4v) is 1.14. The topological polar surface area (TPSA) is 52.0 Å². The van der Waals surface area contributed by atoms with Gasteiger partial charge in [0.05, 0.1) is 5.69 Å². The molecule has 0 bridgehead atoms. The molecule has 0 radical (unpaired) electrons. The first-order valence-electron chi connectivity index (χ1n) is 3.87. The van der Waals surface area contributed by atoms with E-state index in [4.69, 9.17) is 10.3 Å². The van der Waals surface area contributed by atoms with Gasteiger partial charge in [-0.3, -0.25) is 0 Å². The van der Waals surface area contributed by atoms with Crippen LogP contribution in [0.3, 0.4) is 0 Å². The lowest BCUT2D eigenvalue weighted by atomic mass is 10.1. The molecule has 0 aliphatic carbocycles. The second-order valence-electron chi connectivity index (χ2n) is 2.69. The predicted octanol–water partition coefficient (Wildman–Crippen LogP) is 1.60. The van der Waals surface area contributed by atoms with E-state index in [1.165, 1.54) is 5.56 Å². The molecule has 70 valence electrons. The van der Waals surface area contributed by atoms with Crippen molar-refractivity contribution in [3.63, 3.8) is 0 Å². The fraction of sp³-hybridized carbons (Fsp3) is 0.625. The van der Waals surface area contributed by atoms with E-state index in [0.29, 0.717) is 0 Å². The Morgan fingerprint density at radius 2 is 2.08 bits per heavy atom. The standard InChI is InChI=1S/C8H14N2O.ClH/c1-6-8(4-3-5-9)7(2)11-10-6;/h3-5,9H2,1-2H3;1H. The maximum Gasteiger partial charge on any atom is 0.137 e. The number of aromatic nitrogens is 1. The van der Waals surface area contributed by atoms with Crippen LogP contribution in [0.15, 0.2) is 4.52 Å². The monoisotopic (exact) mass is 190 g/mol. The van der Waals surface area contributed by atoms with Crippen LogP contribution in [0.4, 0.5) is 0 Å². The first-order chi connectivity index (χ1) is 5.25. The molecular weight excluding hydrogens is 176 g/mol. The SMILES string of the molecule is Cc1noc(C)c1CCCN.Cl. The summed E-state index contributed by atoms with van der Waals surface area (Å²) in [6.07, 6.45) is 1.99. The van der Waals surface area contributed by atoms with E-state index in [9.17, 15) is 0 Å². The Bertz CT molecular complexity index is 215. The van der Waals surface area contributed by atoms with E-state index in [-0.39, 0.29) is 12.4 Å². The summed E-state index contributed by atoms with van der Waals surface area (Å²) >= 11 is 0. The summed E-state index contributed by atoms with van der Waals surface area (Å²) in [5.41, 5.74) is 7.61. The number of halogens is 1. The third kappa shape index (κ3) is 2.50. The minimum absolute atomic E-state index is 0. The summed E-state index contributed by atoms with van der Waals surface area (Å²) in [7, 11) is 0. The van der Waals surface area contributed by atoms with Gasteiger partial charge in [-0.15, -0.1) is 12.4 Å². The second-order valence-corrected chi connectivity index (χ2v) is 2.69. The van der Waals surface area contributed by atoms with Crippen LogP contribution in [0.2, 0.25) is 0 Å². The molecule has 0 spiro atoms. The van der Waals surface area contributed by atoms with Gasteiger partial charge in [0.1, 0.15) is 5.76 Å². The van der Waals surface area contributed by atoms with Crippen molar-refractivity contribution in [3.05, 3.63) is 17.0 Å². The van der Waals surface area contributed by atoms with Gasteiger partial charge in [0.25, 0.3) is 0 Å². The zero-order valence-corrected chi connectivity index (χ0v) is 8.28. The molecule has 0 aliphatic heterocycles. The molecule has 0 saturated heterocycles. The zero-order valence-electron chi connectivity index (χ0n) is 7.46. The van der Waals surface area contributed by atoms with Crippen LogP contribution in [0.1, 0.15) is 23.4 Å². The number of hydrogen-bond acceptors (Lipinski definition) is 3. The van der Waals surface area contributed by atoms with E-state index < -0.39 is 0 Å². The predicted molar refractivity (Wildman–Crippen MR) is 50.6 cm³/mol. The molecule has 12 heavy (non-hydrogen) atoms. The average Bonchev–Trinajstić information content (AvgIpc) is 2.29. The Kier molecular flexibility index (Phi) is 4.93. The van der Waals surface area contributed by atoms with E-state index >= 15 is 0 Å². The van der Waals surface area contributed by atoms with E-state index in [0.717, 1.165) is 30.8 Å². The maximum absolute atomic E-state index is 5.39. The smallest absolute Gasteiger partial charge is 0.137 e. The summed E-state index contributed by atoms with van der Waals surface area (Å²) in [6, 6.07) is 0. The number of nitrogens with two attached hydrogens (primary N) is 1. The Labute approximate surface area is 78.7 Å². The Hall–Kier alpha value is -0.540. The molecule has 0 unspecified atom stereocenters. The molecule has 0 fully saturated rings. The van der Waals surface area contributed by atoms with Gasteiger partial charge in [0, 0.05) is 5.56 Å². The zero-order chi connectivity index (χ0) is 8.27. The highest BCUT2D eigenvalue weighted by molar-refractivity contribution is 5.85. The largest absolute Gasteiger partial charge is 0.361 e. The van der Waals surface area contributed by atoms with Gasteiger partial charge in [0.15, 0.2) is 0 Å². The van der Waals surface area contributed by atoms with E-state index in [2.05, 4.69) is 5.16 Å². The minimum atomic E-state index is 0. The van der Waals surface area contributed by atoms with Crippen molar-refractivity contribution in [1.29, 1.82) is 0 Å². The highest BCUT2D eigenvalue weighted by Gasteiger charge is 2.06. The summed E-state index contributed by atoms with van der Waals surface area (Å²) in [6.45, 7) is 4.62. The summed E-state index contributed by atoms with van der Waals surface area (Å²) in [4.78, 5) is 0. The van der Waals surface area contributed by atoms with Crippen LogP contribution in [0.5, 0.6) is 0 Å². The Balaban J connectivity index is 0.00000121. The van der Waals surface area contributed by atoms with Gasteiger partial charge in [0.2, 0.25) is 0 Å². The van der Waals surface area contributed by atoms with Crippen molar-refractivity contribution in [2.24, 2.45) is 5.73 Å². The van der Waals surface area contributed by atoms with Crippen molar-refractivity contribution in [3.8, 4) is 0 Å². The first-order valence-corrected chi connectivity index (χ1v) is 3.87. The van der Waals surface area contributed by atoms with Gasteiger partial charge in [-0.2, -0.15) is 0 Å². The van der Waals surface area contributed by atoms with Crippen LogP contribution in [0, 0.1) is 13.8 Å². The quantitative estimate of drug-likeness (QED) is 0.788. The van der Waals surface area contributed by atoms with E-state index in [1.807, 2.05) is 13.8 Å². The van der Waals surface area contributed by atoms with Crippen molar-refractivity contribution in [2.75, 3.05) is 6.54 Å². The van der Waals surface area contributed by atoms with Crippen molar-refractivity contribution >= 4 is 12.4 Å². The molecule has 0 amide bonds. The molecular formula is C8H15ClN2O. The first kappa shape index (κ1) is 11.5. The van der Waals surface area contributed by atoms with Gasteiger partial charge < -0.3 is 10.3 Å². The van der Waals surface area contributed by atoms with Crippen molar-refractivity contribution < 1.29 is 4.52 Å². The van der Waals surface area contributed by atoms with Crippen molar-refractivity contribution in [2.45, 2.75) is 26.7 Å². The van der Waals surface area contributed by atoms with Crippen LogP contribution >= 0.6 is 12.4 Å². The lowest BCUT2D eigenvalue weighted by Gasteiger charge is -1.95. The molecule has 1 heterocycles. The molecule has 1 aromatic heterocycles. The highest BCUT2D eigenvalue weighted by Crippen LogP contribution is 2.13. The van der Waals surface area contributed by atoms with E-state index in [1.54, 1.807) is 0 Å². The van der Waals surface area contributed by atoms with Crippen LogP contribution in [-0.4, -0.2) is 11.7 Å². The van der Waals surface area contributed by atoms with Gasteiger partial charge in [-0.25, -0.2) is 0 Å². The Morgan fingerprint density at radius 3 is 2.50 bits per heavy atom. The van der Waals surface area contributed by atoms with Crippen molar-refractivity contribution in [1.82, 2.24) is 5.16 Å². The fourth-order valence-electron chi connectivity index (χ4n) is 1.14. The molecule has 0 aromatic carbocycles. The molecule has 1 rings (SSSR count). The molecule has 0 aliphatic rings. The molecule has 2 N–H and O–H groups in total. The molecule has 3 nitrogen and oxygen atoms in total. The van der Waals surface area contributed by atoms with Gasteiger partial charge in [-0.1, -0.05) is 5.16 Å². The molecule has 4 heteroatoms. The summed E-state index contributed by atoms with van der Waals surface area (Å²) < 4.78 is 5.00. The molecule has 0 saturated carbocycles. The normalized spacial score (nSPS) is 9.58. The van der Waals surface area contributed by atoms with Crippen LogP contribution in [-0.2, 0) is 6.42 Å². The third-order valence-corrected chi connectivity index (χ3v) is 1.81. The third-order valence-electron chi connectivity index (χ3n) is 1.81. The number of aryl methyl sites for hydroxylation is 2. The van der Waals surface area contributed by atoms with Gasteiger partial charge >= 0.3 is 0 Å². The van der Waals surface area contributed by atoms with Crippen LogP contribution < -0.4 is 5.73 Å². The molecule has 0 atom stereocenters.